The Balaban J connectivity index is 1.85. The summed E-state index contributed by atoms with van der Waals surface area (Å²) in [4.78, 5) is 6.97. The van der Waals surface area contributed by atoms with Crippen LogP contribution in [-0.2, 0) is 4.74 Å². The van der Waals surface area contributed by atoms with E-state index in [2.05, 4.69) is 16.0 Å². The van der Waals surface area contributed by atoms with Gasteiger partial charge in [0.15, 0.2) is 11.5 Å². The molecule has 0 saturated carbocycles. The molecule has 1 aliphatic rings. The van der Waals surface area contributed by atoms with Crippen molar-refractivity contribution in [1.29, 1.82) is 0 Å². The second-order valence-electron chi connectivity index (χ2n) is 6.70. The van der Waals surface area contributed by atoms with Crippen molar-refractivity contribution in [2.45, 2.75) is 13.0 Å². The predicted octanol–water partition coefficient (Wildman–Crippen LogP) is 3.95. The van der Waals surface area contributed by atoms with E-state index in [0.717, 1.165) is 24.4 Å². The van der Waals surface area contributed by atoms with Crippen molar-refractivity contribution in [3.05, 3.63) is 52.5 Å². The normalized spacial score (nSPS) is 16.1. The van der Waals surface area contributed by atoms with Crippen LogP contribution in [0.1, 0.15) is 24.1 Å². The fourth-order valence-corrected chi connectivity index (χ4v) is 3.55. The summed E-state index contributed by atoms with van der Waals surface area (Å²) < 4.78 is 16.7. The van der Waals surface area contributed by atoms with Gasteiger partial charge in [0.25, 0.3) is 0 Å². The SMILES string of the molecule is CCOc1ccc([C@H](CN=Cc2cc(Cl)ccc2O)N2CCOCC2)cc1OC. The second-order valence-corrected chi connectivity index (χ2v) is 7.14. The quantitative estimate of drug-likeness (QED) is 0.658. The number of phenols is 1. The monoisotopic (exact) mass is 418 g/mol. The molecule has 1 heterocycles. The van der Waals surface area contributed by atoms with E-state index in [1.165, 1.54) is 0 Å². The molecular formula is C22H27ClN2O4. The summed E-state index contributed by atoms with van der Waals surface area (Å²) in [6.07, 6.45) is 1.67. The van der Waals surface area contributed by atoms with E-state index >= 15 is 0 Å². The number of aliphatic imine (C=N–C) groups is 1. The molecule has 2 aromatic rings. The summed E-state index contributed by atoms with van der Waals surface area (Å²) in [7, 11) is 1.64. The van der Waals surface area contributed by atoms with E-state index in [0.29, 0.717) is 42.7 Å². The summed E-state index contributed by atoms with van der Waals surface area (Å²) in [5.74, 6) is 1.59. The van der Waals surface area contributed by atoms with Crippen molar-refractivity contribution in [2.75, 3.05) is 46.6 Å². The molecule has 2 aromatic carbocycles. The molecule has 7 heteroatoms. The number of methoxy groups -OCH3 is 1. The van der Waals surface area contributed by atoms with Crippen LogP contribution in [0.2, 0.25) is 5.02 Å². The van der Waals surface area contributed by atoms with Crippen LogP contribution in [-0.4, -0.2) is 62.8 Å². The summed E-state index contributed by atoms with van der Waals surface area (Å²) in [6.45, 7) is 6.12. The number of benzene rings is 2. The van der Waals surface area contributed by atoms with Gasteiger partial charge in [-0.05, 0) is 42.8 Å². The summed E-state index contributed by atoms with van der Waals surface area (Å²) in [5.41, 5.74) is 1.70. The van der Waals surface area contributed by atoms with Crippen molar-refractivity contribution in [3.8, 4) is 17.2 Å². The molecule has 0 radical (unpaired) electrons. The molecule has 0 bridgehead atoms. The number of hydrogen-bond acceptors (Lipinski definition) is 6. The number of hydrogen-bond donors (Lipinski definition) is 1. The second kappa shape index (κ2) is 10.5. The maximum atomic E-state index is 10.0. The first-order chi connectivity index (χ1) is 14.1. The van der Waals surface area contributed by atoms with Crippen molar-refractivity contribution < 1.29 is 19.3 Å². The lowest BCUT2D eigenvalue weighted by atomic mass is 10.0. The molecule has 0 amide bonds. The smallest absolute Gasteiger partial charge is 0.161 e. The van der Waals surface area contributed by atoms with Gasteiger partial charge in [0.2, 0.25) is 0 Å². The van der Waals surface area contributed by atoms with Crippen LogP contribution in [0.15, 0.2) is 41.4 Å². The van der Waals surface area contributed by atoms with Crippen LogP contribution in [0.5, 0.6) is 17.2 Å². The third-order valence-corrected chi connectivity index (χ3v) is 5.09. The molecule has 0 aliphatic carbocycles. The zero-order valence-electron chi connectivity index (χ0n) is 16.8. The van der Waals surface area contributed by atoms with Gasteiger partial charge in [-0.2, -0.15) is 0 Å². The Hall–Kier alpha value is -2.28. The lowest BCUT2D eigenvalue weighted by Gasteiger charge is -2.34. The van der Waals surface area contributed by atoms with Crippen LogP contribution >= 0.6 is 11.6 Å². The fourth-order valence-electron chi connectivity index (χ4n) is 3.37. The highest BCUT2D eigenvalue weighted by Gasteiger charge is 2.23. The maximum absolute atomic E-state index is 10.0. The number of aromatic hydroxyl groups is 1. The minimum atomic E-state index is 0.0565. The summed E-state index contributed by atoms with van der Waals surface area (Å²) >= 11 is 6.03. The van der Waals surface area contributed by atoms with Crippen molar-refractivity contribution in [2.24, 2.45) is 4.99 Å². The molecule has 1 fully saturated rings. The van der Waals surface area contributed by atoms with Gasteiger partial charge in [0.1, 0.15) is 5.75 Å². The van der Waals surface area contributed by atoms with Crippen LogP contribution in [0.4, 0.5) is 0 Å². The highest BCUT2D eigenvalue weighted by atomic mass is 35.5. The van der Waals surface area contributed by atoms with Gasteiger partial charge in [-0.25, -0.2) is 0 Å². The van der Waals surface area contributed by atoms with Gasteiger partial charge >= 0.3 is 0 Å². The fraction of sp³-hybridized carbons (Fsp3) is 0.409. The number of rotatable bonds is 8. The van der Waals surface area contributed by atoms with Crippen LogP contribution in [0, 0.1) is 0 Å². The molecule has 1 atom stereocenters. The molecule has 1 N–H and O–H groups in total. The van der Waals surface area contributed by atoms with E-state index in [9.17, 15) is 5.11 Å². The maximum Gasteiger partial charge on any atom is 0.161 e. The largest absolute Gasteiger partial charge is 0.507 e. The van der Waals surface area contributed by atoms with E-state index < -0.39 is 0 Å². The lowest BCUT2D eigenvalue weighted by Crippen LogP contribution is -2.40. The van der Waals surface area contributed by atoms with E-state index in [1.54, 1.807) is 31.5 Å². The first-order valence-corrected chi connectivity index (χ1v) is 10.1. The van der Waals surface area contributed by atoms with Gasteiger partial charge in [-0.3, -0.25) is 9.89 Å². The molecule has 6 nitrogen and oxygen atoms in total. The molecule has 0 aromatic heterocycles. The van der Waals surface area contributed by atoms with E-state index in [1.807, 2.05) is 19.1 Å². The zero-order valence-corrected chi connectivity index (χ0v) is 17.6. The Morgan fingerprint density at radius 2 is 2.00 bits per heavy atom. The lowest BCUT2D eigenvalue weighted by molar-refractivity contribution is 0.0180. The Morgan fingerprint density at radius 3 is 2.72 bits per heavy atom. The molecule has 1 aliphatic heterocycles. The Kier molecular flexibility index (Phi) is 7.75. The van der Waals surface area contributed by atoms with Crippen molar-refractivity contribution in [3.63, 3.8) is 0 Å². The number of ether oxygens (including phenoxy) is 3. The summed E-state index contributed by atoms with van der Waals surface area (Å²) in [6, 6.07) is 11.0. The Labute approximate surface area is 176 Å². The summed E-state index contributed by atoms with van der Waals surface area (Å²) in [5, 5.41) is 10.6. The standard InChI is InChI=1S/C22H27ClN2O4/c1-3-29-21-7-4-16(13-22(21)27-2)19(25-8-10-28-11-9-25)15-24-14-17-12-18(23)5-6-20(17)26/h4-7,12-14,19,26H,3,8-11,15H2,1-2H3/t19-/m0/s1. The van der Waals surface area contributed by atoms with Crippen molar-refractivity contribution >= 4 is 17.8 Å². The molecular weight excluding hydrogens is 392 g/mol. The highest BCUT2D eigenvalue weighted by molar-refractivity contribution is 6.30. The zero-order chi connectivity index (χ0) is 20.6. The first-order valence-electron chi connectivity index (χ1n) is 9.73. The number of phenolic OH excluding ortho intramolecular Hbond substituents is 1. The first kappa shape index (κ1) is 21.4. The third-order valence-electron chi connectivity index (χ3n) is 4.86. The molecule has 1 saturated heterocycles. The highest BCUT2D eigenvalue weighted by Crippen LogP contribution is 2.33. The number of nitrogens with zero attached hydrogens (tertiary/aromatic N) is 2. The van der Waals surface area contributed by atoms with Crippen LogP contribution in [0.3, 0.4) is 0 Å². The average molecular weight is 419 g/mol. The Bertz CT molecular complexity index is 838. The van der Waals surface area contributed by atoms with Gasteiger partial charge in [-0.15, -0.1) is 0 Å². The topological polar surface area (TPSA) is 63.5 Å². The molecule has 29 heavy (non-hydrogen) atoms. The number of halogens is 1. The predicted molar refractivity (Wildman–Crippen MR) is 115 cm³/mol. The molecule has 0 unspecified atom stereocenters. The van der Waals surface area contributed by atoms with E-state index in [4.69, 9.17) is 25.8 Å². The number of morpholine rings is 1. The van der Waals surface area contributed by atoms with Gasteiger partial charge in [0.05, 0.1) is 39.5 Å². The molecule has 156 valence electrons. The van der Waals surface area contributed by atoms with Gasteiger partial charge in [0, 0.05) is 29.9 Å². The average Bonchev–Trinajstić information content (AvgIpc) is 2.75. The Morgan fingerprint density at radius 1 is 1.21 bits per heavy atom. The van der Waals surface area contributed by atoms with E-state index in [-0.39, 0.29) is 11.8 Å². The van der Waals surface area contributed by atoms with Crippen LogP contribution < -0.4 is 9.47 Å². The van der Waals surface area contributed by atoms with Crippen LogP contribution in [0.25, 0.3) is 0 Å². The molecule has 0 spiro atoms. The minimum absolute atomic E-state index is 0.0565. The van der Waals surface area contributed by atoms with Gasteiger partial charge < -0.3 is 19.3 Å². The van der Waals surface area contributed by atoms with Gasteiger partial charge in [-0.1, -0.05) is 17.7 Å². The van der Waals surface area contributed by atoms with Crippen molar-refractivity contribution in [1.82, 2.24) is 4.90 Å². The molecule has 3 rings (SSSR count). The minimum Gasteiger partial charge on any atom is -0.507 e. The third kappa shape index (κ3) is 5.63.